The molecule has 0 aliphatic rings. The molecular formula is C15H12ClIS. The third kappa shape index (κ3) is 1.69. The quantitative estimate of drug-likeness (QED) is 0.401. The zero-order valence-corrected chi connectivity index (χ0v) is 14.1. The van der Waals surface area contributed by atoms with Crippen LogP contribution < -0.4 is 0 Å². The molecule has 3 heteroatoms. The van der Waals surface area contributed by atoms with Crippen LogP contribution in [0.15, 0.2) is 18.2 Å². The minimum Gasteiger partial charge on any atom is -0.135 e. The molecule has 1 aromatic heterocycles. The highest BCUT2D eigenvalue weighted by molar-refractivity contribution is 14.1. The van der Waals surface area contributed by atoms with Gasteiger partial charge in [0.25, 0.3) is 0 Å². The van der Waals surface area contributed by atoms with Crippen molar-refractivity contribution < 1.29 is 0 Å². The van der Waals surface area contributed by atoms with Crippen LogP contribution in [0.3, 0.4) is 0 Å². The number of hydrogen-bond acceptors (Lipinski definition) is 1. The van der Waals surface area contributed by atoms with Crippen LogP contribution in [0, 0.1) is 24.3 Å². The fourth-order valence-corrected chi connectivity index (χ4v) is 4.51. The van der Waals surface area contributed by atoms with E-state index in [2.05, 4.69) is 61.6 Å². The molecule has 3 aromatic rings. The summed E-state index contributed by atoms with van der Waals surface area (Å²) in [5.74, 6) is 0. The second kappa shape index (κ2) is 4.36. The molecule has 92 valence electrons. The number of rotatable bonds is 0. The maximum atomic E-state index is 6.36. The lowest BCUT2D eigenvalue weighted by molar-refractivity contribution is 1.44. The number of thiophene rings is 1. The summed E-state index contributed by atoms with van der Waals surface area (Å²) < 4.78 is 4.04. The Balaban J connectivity index is 2.59. The van der Waals surface area contributed by atoms with Gasteiger partial charge in [-0.25, -0.2) is 0 Å². The fourth-order valence-electron chi connectivity index (χ4n) is 2.39. The van der Waals surface area contributed by atoms with Crippen LogP contribution in [-0.2, 0) is 0 Å². The van der Waals surface area contributed by atoms with Crippen molar-refractivity contribution in [2.24, 2.45) is 0 Å². The lowest BCUT2D eigenvalue weighted by atomic mass is 10.1. The van der Waals surface area contributed by atoms with Gasteiger partial charge in [-0.15, -0.1) is 11.3 Å². The monoisotopic (exact) mass is 386 g/mol. The SMILES string of the molecule is Cc1cc2c(sc3c(C)c(I)ccc32)c(C)c1Cl. The van der Waals surface area contributed by atoms with Gasteiger partial charge in [0.05, 0.1) is 0 Å². The smallest absolute Gasteiger partial charge is 0.0478 e. The molecule has 0 spiro atoms. The largest absolute Gasteiger partial charge is 0.135 e. The minimum absolute atomic E-state index is 0.904. The van der Waals surface area contributed by atoms with Gasteiger partial charge in [-0.2, -0.15) is 0 Å². The Bertz CT molecular complexity index is 786. The van der Waals surface area contributed by atoms with E-state index in [0.717, 1.165) is 10.6 Å². The summed E-state index contributed by atoms with van der Waals surface area (Å²) in [6.45, 7) is 6.40. The molecule has 0 N–H and O–H groups in total. The molecule has 0 nitrogen and oxygen atoms in total. The van der Waals surface area contributed by atoms with E-state index in [0.29, 0.717) is 0 Å². The van der Waals surface area contributed by atoms with E-state index in [1.165, 1.54) is 34.9 Å². The first-order valence-electron chi connectivity index (χ1n) is 5.77. The fraction of sp³-hybridized carbons (Fsp3) is 0.200. The van der Waals surface area contributed by atoms with E-state index < -0.39 is 0 Å². The number of aryl methyl sites for hydroxylation is 3. The van der Waals surface area contributed by atoms with Crippen molar-refractivity contribution in [2.75, 3.05) is 0 Å². The molecule has 18 heavy (non-hydrogen) atoms. The maximum absolute atomic E-state index is 6.36. The van der Waals surface area contributed by atoms with E-state index in [4.69, 9.17) is 11.6 Å². The summed E-state index contributed by atoms with van der Waals surface area (Å²) >= 11 is 10.6. The number of benzene rings is 2. The van der Waals surface area contributed by atoms with Crippen LogP contribution in [-0.4, -0.2) is 0 Å². The number of fused-ring (bicyclic) bond motifs is 3. The van der Waals surface area contributed by atoms with Crippen molar-refractivity contribution in [1.82, 2.24) is 0 Å². The van der Waals surface area contributed by atoms with Crippen molar-refractivity contribution in [2.45, 2.75) is 20.8 Å². The molecule has 0 saturated heterocycles. The Labute approximate surface area is 129 Å². The summed E-state index contributed by atoms with van der Waals surface area (Å²) in [6, 6.07) is 6.65. The van der Waals surface area contributed by atoms with Gasteiger partial charge in [-0.1, -0.05) is 17.7 Å². The third-order valence-corrected chi connectivity index (χ3v) is 6.67. The Morgan fingerprint density at radius 1 is 1.00 bits per heavy atom. The first-order chi connectivity index (χ1) is 8.50. The van der Waals surface area contributed by atoms with Crippen molar-refractivity contribution in [1.29, 1.82) is 0 Å². The summed E-state index contributed by atoms with van der Waals surface area (Å²) in [4.78, 5) is 0. The van der Waals surface area contributed by atoms with Gasteiger partial charge in [0, 0.05) is 28.8 Å². The zero-order valence-electron chi connectivity index (χ0n) is 10.4. The second-order valence-corrected chi connectivity index (χ2v) is 7.22. The van der Waals surface area contributed by atoms with E-state index >= 15 is 0 Å². The Morgan fingerprint density at radius 3 is 2.39 bits per heavy atom. The van der Waals surface area contributed by atoms with Crippen molar-refractivity contribution in [3.05, 3.63) is 43.5 Å². The molecule has 0 radical (unpaired) electrons. The van der Waals surface area contributed by atoms with E-state index in [1.807, 2.05) is 11.3 Å². The van der Waals surface area contributed by atoms with Crippen LogP contribution >= 0.6 is 45.5 Å². The van der Waals surface area contributed by atoms with Gasteiger partial charge in [-0.05, 0) is 72.2 Å². The molecule has 1 heterocycles. The van der Waals surface area contributed by atoms with E-state index in [1.54, 1.807) is 0 Å². The second-order valence-electron chi connectivity index (χ2n) is 4.66. The predicted octanol–water partition coefficient (Wildman–Crippen LogP) is 6.24. The molecule has 0 bridgehead atoms. The summed E-state index contributed by atoms with van der Waals surface area (Å²) in [6.07, 6.45) is 0. The Morgan fingerprint density at radius 2 is 1.67 bits per heavy atom. The highest BCUT2D eigenvalue weighted by Gasteiger charge is 2.13. The molecule has 3 rings (SSSR count). The van der Waals surface area contributed by atoms with Gasteiger partial charge in [-0.3, -0.25) is 0 Å². The van der Waals surface area contributed by atoms with Crippen LogP contribution in [0.4, 0.5) is 0 Å². The normalized spacial score (nSPS) is 11.6. The van der Waals surface area contributed by atoms with Crippen molar-refractivity contribution >= 4 is 65.7 Å². The average molecular weight is 387 g/mol. The molecule has 2 aromatic carbocycles. The van der Waals surface area contributed by atoms with Gasteiger partial charge in [0.1, 0.15) is 0 Å². The molecule has 0 unspecified atom stereocenters. The number of hydrogen-bond donors (Lipinski definition) is 0. The lowest BCUT2D eigenvalue weighted by Gasteiger charge is -2.03. The Hall–Kier alpha value is -0.320. The highest BCUT2D eigenvalue weighted by Crippen LogP contribution is 2.41. The summed E-state index contributed by atoms with van der Waals surface area (Å²) in [5, 5.41) is 3.60. The van der Waals surface area contributed by atoms with Gasteiger partial charge < -0.3 is 0 Å². The molecular weight excluding hydrogens is 375 g/mol. The molecule has 0 aliphatic heterocycles. The van der Waals surface area contributed by atoms with Crippen LogP contribution in [0.1, 0.15) is 16.7 Å². The summed E-state index contributed by atoms with van der Waals surface area (Å²) in [7, 11) is 0. The topological polar surface area (TPSA) is 0 Å². The minimum atomic E-state index is 0.904. The van der Waals surface area contributed by atoms with Crippen LogP contribution in [0.2, 0.25) is 5.02 Å². The summed E-state index contributed by atoms with van der Waals surface area (Å²) in [5.41, 5.74) is 3.75. The zero-order chi connectivity index (χ0) is 13.0. The van der Waals surface area contributed by atoms with Gasteiger partial charge in [0.15, 0.2) is 0 Å². The lowest BCUT2D eigenvalue weighted by Crippen LogP contribution is -1.81. The first-order valence-corrected chi connectivity index (χ1v) is 8.05. The molecule has 0 amide bonds. The van der Waals surface area contributed by atoms with Gasteiger partial charge >= 0.3 is 0 Å². The van der Waals surface area contributed by atoms with Crippen LogP contribution in [0.25, 0.3) is 20.2 Å². The van der Waals surface area contributed by atoms with Gasteiger partial charge in [0.2, 0.25) is 0 Å². The van der Waals surface area contributed by atoms with Crippen molar-refractivity contribution in [3.63, 3.8) is 0 Å². The van der Waals surface area contributed by atoms with E-state index in [9.17, 15) is 0 Å². The average Bonchev–Trinajstić information content (AvgIpc) is 2.71. The standard InChI is InChI=1S/C15H12ClIS/c1-7-6-11-10-4-5-12(17)8(2)14(10)18-15(11)9(3)13(7)16/h4-6H,1-3H3. The first kappa shape index (κ1) is 12.7. The van der Waals surface area contributed by atoms with E-state index in [-0.39, 0.29) is 0 Å². The number of halogens is 2. The Kier molecular flexibility index (Phi) is 3.07. The van der Waals surface area contributed by atoms with Crippen molar-refractivity contribution in [3.8, 4) is 0 Å². The molecule has 0 fully saturated rings. The maximum Gasteiger partial charge on any atom is 0.0478 e. The predicted molar refractivity (Wildman–Crippen MR) is 91.3 cm³/mol. The molecule has 0 atom stereocenters. The van der Waals surface area contributed by atoms with Crippen LogP contribution in [0.5, 0.6) is 0 Å². The third-order valence-electron chi connectivity index (χ3n) is 3.46. The molecule has 0 aliphatic carbocycles. The highest BCUT2D eigenvalue weighted by atomic mass is 127. The molecule has 0 saturated carbocycles.